The number of nitro benzene ring substituents is 1. The lowest BCUT2D eigenvalue weighted by Gasteiger charge is -2.22. The summed E-state index contributed by atoms with van der Waals surface area (Å²) in [7, 11) is 1.60. The van der Waals surface area contributed by atoms with Gasteiger partial charge in [0.1, 0.15) is 6.04 Å². The normalized spacial score (nSPS) is 21.6. The van der Waals surface area contributed by atoms with E-state index in [0.29, 0.717) is 18.7 Å². The molecule has 7 heteroatoms. The number of rotatable bonds is 1. The Hall–Kier alpha value is -2.44. The molecule has 1 fully saturated rings. The summed E-state index contributed by atoms with van der Waals surface area (Å²) >= 11 is 0. The Labute approximate surface area is 114 Å². The van der Waals surface area contributed by atoms with Crippen LogP contribution in [0.15, 0.2) is 18.2 Å². The summed E-state index contributed by atoms with van der Waals surface area (Å²) in [6.07, 6.45) is 1.42. The second-order valence-electron chi connectivity index (χ2n) is 5.01. The van der Waals surface area contributed by atoms with E-state index in [1.54, 1.807) is 7.05 Å². The minimum Gasteiger partial charge on any atom is -0.327 e. The highest BCUT2D eigenvalue weighted by atomic mass is 16.6. The summed E-state index contributed by atoms with van der Waals surface area (Å²) in [5, 5.41) is 10.9. The summed E-state index contributed by atoms with van der Waals surface area (Å²) in [6, 6.07) is 3.58. The third-order valence-electron chi connectivity index (χ3n) is 3.91. The number of nitrogens with zero attached hydrogens (tertiary/aromatic N) is 3. The van der Waals surface area contributed by atoms with E-state index in [1.165, 1.54) is 28.0 Å². The van der Waals surface area contributed by atoms with E-state index in [9.17, 15) is 19.7 Å². The summed E-state index contributed by atoms with van der Waals surface area (Å²) in [5.74, 6) is -0.438. The lowest BCUT2D eigenvalue weighted by atomic mass is 10.1. The fourth-order valence-electron chi connectivity index (χ4n) is 2.86. The molecule has 3 rings (SSSR count). The van der Waals surface area contributed by atoms with Gasteiger partial charge >= 0.3 is 0 Å². The molecule has 0 spiro atoms. The van der Waals surface area contributed by atoms with Crippen molar-refractivity contribution in [2.45, 2.75) is 18.9 Å². The standard InChI is InChI=1S/C13H13N3O4/c1-14-10-5-4-8(16(19)20)7-9(10)12(17)15-6-2-3-11(15)13(14)18/h4-5,7,11H,2-3,6H2,1H3/t11-/m1/s1. The Bertz CT molecular complexity index is 628. The molecular weight excluding hydrogens is 262 g/mol. The molecule has 1 aromatic carbocycles. The van der Waals surface area contributed by atoms with E-state index in [-0.39, 0.29) is 23.1 Å². The number of benzene rings is 1. The molecule has 0 bridgehead atoms. The van der Waals surface area contributed by atoms with Gasteiger partial charge in [0.25, 0.3) is 11.6 Å². The van der Waals surface area contributed by atoms with Crippen molar-refractivity contribution in [1.29, 1.82) is 0 Å². The molecule has 20 heavy (non-hydrogen) atoms. The Morgan fingerprint density at radius 3 is 2.80 bits per heavy atom. The maximum absolute atomic E-state index is 12.5. The van der Waals surface area contributed by atoms with Crippen molar-refractivity contribution < 1.29 is 14.5 Å². The van der Waals surface area contributed by atoms with Crippen molar-refractivity contribution in [2.24, 2.45) is 0 Å². The third-order valence-corrected chi connectivity index (χ3v) is 3.91. The van der Waals surface area contributed by atoms with Gasteiger partial charge in [0.2, 0.25) is 5.91 Å². The van der Waals surface area contributed by atoms with Crippen LogP contribution in [0, 0.1) is 10.1 Å². The number of likely N-dealkylation sites (N-methyl/N-ethyl adjacent to an activating group) is 1. The zero-order valence-corrected chi connectivity index (χ0v) is 10.9. The molecule has 1 atom stereocenters. The van der Waals surface area contributed by atoms with Crippen molar-refractivity contribution in [1.82, 2.24) is 4.90 Å². The number of amides is 2. The number of carbonyl (C=O) groups is 2. The van der Waals surface area contributed by atoms with Crippen LogP contribution >= 0.6 is 0 Å². The van der Waals surface area contributed by atoms with E-state index in [2.05, 4.69) is 0 Å². The summed E-state index contributed by atoms with van der Waals surface area (Å²) in [6.45, 7) is 0.519. The maximum Gasteiger partial charge on any atom is 0.270 e. The second-order valence-corrected chi connectivity index (χ2v) is 5.01. The van der Waals surface area contributed by atoms with Gasteiger partial charge in [0.15, 0.2) is 0 Å². The van der Waals surface area contributed by atoms with Crippen LogP contribution in [0.5, 0.6) is 0 Å². The number of nitro groups is 1. The fourth-order valence-corrected chi connectivity index (χ4v) is 2.86. The number of fused-ring (bicyclic) bond motifs is 2. The molecule has 2 aliphatic rings. The first-order chi connectivity index (χ1) is 9.50. The monoisotopic (exact) mass is 275 g/mol. The van der Waals surface area contributed by atoms with Crippen molar-refractivity contribution in [2.75, 3.05) is 18.5 Å². The largest absolute Gasteiger partial charge is 0.327 e. The van der Waals surface area contributed by atoms with Crippen LogP contribution in [0.2, 0.25) is 0 Å². The van der Waals surface area contributed by atoms with Gasteiger partial charge in [-0.25, -0.2) is 0 Å². The summed E-state index contributed by atoms with van der Waals surface area (Å²) < 4.78 is 0. The van der Waals surface area contributed by atoms with E-state index in [1.807, 2.05) is 0 Å². The molecule has 2 amide bonds. The third kappa shape index (κ3) is 1.66. The van der Waals surface area contributed by atoms with Crippen molar-refractivity contribution in [3.8, 4) is 0 Å². The number of hydrogen-bond acceptors (Lipinski definition) is 4. The number of carbonyl (C=O) groups excluding carboxylic acids is 2. The molecule has 0 N–H and O–H groups in total. The van der Waals surface area contributed by atoms with Gasteiger partial charge in [-0.3, -0.25) is 19.7 Å². The topological polar surface area (TPSA) is 83.8 Å². The van der Waals surface area contributed by atoms with E-state index >= 15 is 0 Å². The minimum absolute atomic E-state index is 0.136. The minimum atomic E-state index is -0.540. The van der Waals surface area contributed by atoms with Crippen LogP contribution in [-0.4, -0.2) is 41.3 Å². The van der Waals surface area contributed by atoms with Crippen LogP contribution in [0.25, 0.3) is 0 Å². The number of hydrogen-bond donors (Lipinski definition) is 0. The van der Waals surface area contributed by atoms with Gasteiger partial charge in [0.05, 0.1) is 16.2 Å². The summed E-state index contributed by atoms with van der Waals surface area (Å²) in [5.41, 5.74) is 0.509. The fraction of sp³-hybridized carbons (Fsp3) is 0.385. The molecule has 0 unspecified atom stereocenters. The Balaban J connectivity index is 2.17. The van der Waals surface area contributed by atoms with Gasteiger partial charge in [-0.15, -0.1) is 0 Å². The quantitative estimate of drug-likeness (QED) is 0.569. The van der Waals surface area contributed by atoms with E-state index in [0.717, 1.165) is 6.42 Å². The smallest absolute Gasteiger partial charge is 0.270 e. The lowest BCUT2D eigenvalue weighted by Crippen LogP contribution is -2.43. The Morgan fingerprint density at radius 2 is 2.10 bits per heavy atom. The van der Waals surface area contributed by atoms with Crippen molar-refractivity contribution >= 4 is 23.2 Å². The Morgan fingerprint density at radius 1 is 1.35 bits per heavy atom. The number of anilines is 1. The average Bonchev–Trinajstić information content (AvgIpc) is 2.91. The van der Waals surface area contributed by atoms with Crippen molar-refractivity contribution in [3.05, 3.63) is 33.9 Å². The van der Waals surface area contributed by atoms with Crippen molar-refractivity contribution in [3.63, 3.8) is 0 Å². The molecule has 0 radical (unpaired) electrons. The molecule has 1 saturated heterocycles. The highest BCUT2D eigenvalue weighted by molar-refractivity contribution is 6.11. The lowest BCUT2D eigenvalue weighted by molar-refractivity contribution is -0.384. The van der Waals surface area contributed by atoms with Gasteiger partial charge in [-0.2, -0.15) is 0 Å². The van der Waals surface area contributed by atoms with Crippen LogP contribution < -0.4 is 4.90 Å². The molecule has 2 aliphatic heterocycles. The van der Waals surface area contributed by atoms with Crippen LogP contribution in [-0.2, 0) is 4.79 Å². The molecule has 0 aromatic heterocycles. The molecule has 0 aliphatic carbocycles. The van der Waals surface area contributed by atoms with Crippen LogP contribution in [0.4, 0.5) is 11.4 Å². The Kier molecular flexibility index (Phi) is 2.70. The van der Waals surface area contributed by atoms with Gasteiger partial charge < -0.3 is 9.80 Å². The van der Waals surface area contributed by atoms with Gasteiger partial charge in [-0.1, -0.05) is 0 Å². The first kappa shape index (κ1) is 12.6. The van der Waals surface area contributed by atoms with E-state index in [4.69, 9.17) is 0 Å². The molecule has 7 nitrogen and oxygen atoms in total. The number of non-ortho nitro benzene ring substituents is 1. The predicted molar refractivity (Wildman–Crippen MR) is 70.6 cm³/mol. The van der Waals surface area contributed by atoms with Gasteiger partial charge in [0, 0.05) is 25.7 Å². The molecule has 1 aromatic rings. The van der Waals surface area contributed by atoms with Crippen LogP contribution in [0.1, 0.15) is 23.2 Å². The zero-order valence-electron chi connectivity index (χ0n) is 10.9. The first-order valence-electron chi connectivity index (χ1n) is 6.37. The zero-order chi connectivity index (χ0) is 14.4. The highest BCUT2D eigenvalue weighted by Crippen LogP contribution is 2.33. The maximum atomic E-state index is 12.5. The average molecular weight is 275 g/mol. The summed E-state index contributed by atoms with van der Waals surface area (Å²) in [4.78, 5) is 38.1. The first-order valence-corrected chi connectivity index (χ1v) is 6.37. The predicted octanol–water partition coefficient (Wildman–Crippen LogP) is 1.18. The highest BCUT2D eigenvalue weighted by Gasteiger charge is 2.41. The molecule has 0 saturated carbocycles. The second kappa shape index (κ2) is 4.29. The molecule has 104 valence electrons. The van der Waals surface area contributed by atoms with Gasteiger partial charge in [-0.05, 0) is 18.9 Å². The molecular formula is C13H13N3O4. The molecule has 2 heterocycles. The SMILES string of the molecule is CN1C(=O)[C@H]2CCCN2C(=O)c2cc([N+](=O)[O-])ccc21. The van der Waals surface area contributed by atoms with Crippen LogP contribution in [0.3, 0.4) is 0 Å². The van der Waals surface area contributed by atoms with E-state index < -0.39 is 11.0 Å².